The molecule has 4 rings (SSSR count). The van der Waals surface area contributed by atoms with Gasteiger partial charge < -0.3 is 4.74 Å². The van der Waals surface area contributed by atoms with E-state index in [1.165, 1.54) is 45.2 Å². The van der Waals surface area contributed by atoms with Gasteiger partial charge in [0.05, 0.1) is 22.3 Å². The lowest BCUT2D eigenvalue weighted by Crippen LogP contribution is -2.21. The number of rotatable bonds is 3. The Hall–Kier alpha value is -3.08. The third-order valence-electron chi connectivity index (χ3n) is 4.01. The van der Waals surface area contributed by atoms with Crippen molar-refractivity contribution in [3.05, 3.63) is 52.6 Å². The third-order valence-corrected chi connectivity index (χ3v) is 4.55. The number of hydrogen-bond donors (Lipinski definition) is 0. The van der Waals surface area contributed by atoms with Gasteiger partial charge in [-0.1, -0.05) is 17.8 Å². The highest BCUT2D eigenvalue weighted by Gasteiger charge is 2.31. The Morgan fingerprint density at radius 3 is 2.68 bits per heavy atom. The molecule has 0 aliphatic rings. The van der Waals surface area contributed by atoms with Gasteiger partial charge in [0.2, 0.25) is 5.16 Å². The summed E-state index contributed by atoms with van der Waals surface area (Å²) < 4.78 is 44.1. The maximum atomic E-state index is 13.1. The molecular weight excluding hydrogens is 395 g/mol. The van der Waals surface area contributed by atoms with Crippen LogP contribution in [0.1, 0.15) is 5.69 Å². The Morgan fingerprint density at radius 2 is 1.96 bits per heavy atom. The second kappa shape index (κ2) is 6.51. The first-order valence-electron chi connectivity index (χ1n) is 7.96. The molecule has 3 heterocycles. The first kappa shape index (κ1) is 18.3. The first-order valence-corrected chi connectivity index (χ1v) is 9.18. The molecule has 0 saturated heterocycles. The molecule has 0 aliphatic carbocycles. The molecule has 0 atom stereocenters. The topological polar surface area (TPSA) is 74.3 Å². The number of hydrogen-bond acceptors (Lipinski definition) is 6. The fourth-order valence-electron chi connectivity index (χ4n) is 2.89. The third kappa shape index (κ3) is 3.17. The van der Waals surface area contributed by atoms with Gasteiger partial charge in [-0.25, -0.2) is 4.98 Å². The van der Waals surface area contributed by atoms with E-state index in [9.17, 15) is 18.0 Å². The lowest BCUT2D eigenvalue weighted by Gasteiger charge is -2.12. The van der Waals surface area contributed by atoms with Crippen LogP contribution in [0.5, 0.6) is 5.75 Å². The fraction of sp³-hybridized carbons (Fsp3) is 0.176. The van der Waals surface area contributed by atoms with Crippen molar-refractivity contribution in [1.82, 2.24) is 24.1 Å². The van der Waals surface area contributed by atoms with E-state index < -0.39 is 17.7 Å². The molecule has 0 aliphatic heterocycles. The fourth-order valence-corrected chi connectivity index (χ4v) is 3.22. The highest BCUT2D eigenvalue weighted by molar-refractivity contribution is 7.98. The molecule has 0 saturated carbocycles. The minimum absolute atomic E-state index is 0.233. The largest absolute Gasteiger partial charge is 0.573 e. The Labute approximate surface area is 159 Å². The minimum atomic E-state index is -4.82. The van der Waals surface area contributed by atoms with E-state index in [0.717, 1.165) is 6.07 Å². The summed E-state index contributed by atoms with van der Waals surface area (Å²) in [5.74, 6) is -0.0461. The van der Waals surface area contributed by atoms with Crippen molar-refractivity contribution in [1.29, 1.82) is 0 Å². The zero-order valence-corrected chi connectivity index (χ0v) is 15.4. The molecule has 7 nitrogen and oxygen atoms in total. The van der Waals surface area contributed by atoms with Crippen LogP contribution in [-0.4, -0.2) is 36.8 Å². The van der Waals surface area contributed by atoms with Gasteiger partial charge in [-0.05, 0) is 31.4 Å². The average Bonchev–Trinajstić information content (AvgIpc) is 3.03. The van der Waals surface area contributed by atoms with Crippen molar-refractivity contribution in [3.63, 3.8) is 0 Å². The average molecular weight is 407 g/mol. The van der Waals surface area contributed by atoms with Crippen LogP contribution in [0, 0.1) is 6.92 Å². The second-order valence-electron chi connectivity index (χ2n) is 5.80. The van der Waals surface area contributed by atoms with Crippen LogP contribution in [0.2, 0.25) is 0 Å². The molecule has 0 N–H and O–H groups in total. The van der Waals surface area contributed by atoms with Crippen LogP contribution in [0.25, 0.3) is 22.4 Å². The van der Waals surface area contributed by atoms with E-state index in [0.29, 0.717) is 27.5 Å². The number of nitrogens with zero attached hydrogens (tertiary/aromatic N) is 5. The van der Waals surface area contributed by atoms with Crippen LogP contribution in [0.4, 0.5) is 13.2 Å². The highest BCUT2D eigenvalue weighted by Crippen LogP contribution is 2.25. The molecule has 0 spiro atoms. The van der Waals surface area contributed by atoms with E-state index in [2.05, 4.69) is 19.8 Å². The number of alkyl halides is 3. The van der Waals surface area contributed by atoms with Gasteiger partial charge in [0, 0.05) is 12.3 Å². The molecule has 0 radical (unpaired) electrons. The van der Waals surface area contributed by atoms with Gasteiger partial charge >= 0.3 is 6.36 Å². The predicted octanol–water partition coefficient (Wildman–Crippen LogP) is 3.36. The maximum Gasteiger partial charge on any atom is 0.573 e. The van der Waals surface area contributed by atoms with E-state index in [4.69, 9.17) is 0 Å². The molecule has 0 amide bonds. The van der Waals surface area contributed by atoms with Crippen molar-refractivity contribution in [2.45, 2.75) is 18.4 Å². The van der Waals surface area contributed by atoms with Crippen molar-refractivity contribution < 1.29 is 17.9 Å². The summed E-state index contributed by atoms with van der Waals surface area (Å²) in [5.41, 5.74) is 0.759. The summed E-state index contributed by atoms with van der Waals surface area (Å²) in [6.07, 6.45) is -1.52. The van der Waals surface area contributed by atoms with Gasteiger partial charge in [0.1, 0.15) is 5.75 Å². The van der Waals surface area contributed by atoms with Crippen LogP contribution in [0.3, 0.4) is 0 Å². The molecular formula is C17H12F3N5O2S. The molecule has 28 heavy (non-hydrogen) atoms. The normalized spacial score (nSPS) is 12.0. The zero-order chi connectivity index (χ0) is 20.1. The number of benzene rings is 1. The molecule has 3 aromatic heterocycles. The summed E-state index contributed by atoms with van der Waals surface area (Å²) in [5, 5.41) is 5.13. The molecule has 1 aromatic carbocycles. The second-order valence-corrected chi connectivity index (χ2v) is 6.58. The molecule has 144 valence electrons. The van der Waals surface area contributed by atoms with Gasteiger partial charge in [0.15, 0.2) is 0 Å². The van der Waals surface area contributed by atoms with Crippen LogP contribution in [0.15, 0.2) is 46.5 Å². The number of thioether (sulfide) groups is 1. The maximum absolute atomic E-state index is 13.1. The summed E-state index contributed by atoms with van der Waals surface area (Å²) in [6, 6.07) is 6.85. The van der Waals surface area contributed by atoms with E-state index in [1.807, 2.05) is 6.26 Å². The number of pyridine rings is 1. The molecule has 0 fully saturated rings. The molecule has 0 bridgehead atoms. The van der Waals surface area contributed by atoms with Crippen LogP contribution < -0.4 is 10.3 Å². The Morgan fingerprint density at radius 1 is 1.18 bits per heavy atom. The number of aryl methyl sites for hydroxylation is 1. The smallest absolute Gasteiger partial charge is 0.406 e. The van der Waals surface area contributed by atoms with Gasteiger partial charge in [-0.2, -0.15) is 9.50 Å². The highest BCUT2D eigenvalue weighted by atomic mass is 32.2. The van der Waals surface area contributed by atoms with Crippen LogP contribution >= 0.6 is 11.8 Å². The molecule has 4 aromatic rings. The summed E-state index contributed by atoms with van der Waals surface area (Å²) in [4.78, 5) is 21.7. The summed E-state index contributed by atoms with van der Waals surface area (Å²) in [6.45, 7) is 1.67. The SMILES string of the molecule is CSc1nc2nc(C)c3c(=O)n(-c4cccc(OC(F)(F)F)c4)ccc3n2n1. The Bertz CT molecular complexity index is 1270. The van der Waals surface area contributed by atoms with Crippen molar-refractivity contribution in [2.75, 3.05) is 6.26 Å². The van der Waals surface area contributed by atoms with Crippen molar-refractivity contribution in [3.8, 4) is 11.4 Å². The number of ether oxygens (including phenoxy) is 1. The standard InChI is InChI=1S/C17H12F3N5O2S/c1-9-13-12(25-15(21-9)22-16(23-25)28-2)6-7-24(14(13)26)10-4-3-5-11(8-10)27-17(18,19)20/h3-8H,1-2H3. The lowest BCUT2D eigenvalue weighted by molar-refractivity contribution is -0.274. The van der Waals surface area contributed by atoms with E-state index in [-0.39, 0.29) is 5.69 Å². The minimum Gasteiger partial charge on any atom is -0.406 e. The van der Waals surface area contributed by atoms with Gasteiger partial charge in [0.25, 0.3) is 11.3 Å². The predicted molar refractivity (Wildman–Crippen MR) is 97.1 cm³/mol. The monoisotopic (exact) mass is 407 g/mol. The molecule has 11 heteroatoms. The number of halogens is 3. The zero-order valence-electron chi connectivity index (χ0n) is 14.6. The number of fused-ring (bicyclic) bond motifs is 3. The Kier molecular flexibility index (Phi) is 4.26. The van der Waals surface area contributed by atoms with E-state index in [1.54, 1.807) is 13.0 Å². The van der Waals surface area contributed by atoms with Crippen molar-refractivity contribution >= 4 is 28.4 Å². The van der Waals surface area contributed by atoms with Crippen molar-refractivity contribution in [2.24, 2.45) is 0 Å². The quantitative estimate of drug-likeness (QED) is 0.485. The summed E-state index contributed by atoms with van der Waals surface area (Å²) in [7, 11) is 0. The van der Waals surface area contributed by atoms with Gasteiger partial charge in [-0.3, -0.25) is 9.36 Å². The van der Waals surface area contributed by atoms with E-state index >= 15 is 0 Å². The van der Waals surface area contributed by atoms with Crippen LogP contribution in [-0.2, 0) is 0 Å². The molecule has 0 unspecified atom stereocenters. The Balaban J connectivity index is 1.91. The number of aromatic nitrogens is 5. The lowest BCUT2D eigenvalue weighted by atomic mass is 10.2. The first-order chi connectivity index (χ1) is 13.3. The summed E-state index contributed by atoms with van der Waals surface area (Å²) >= 11 is 1.35. The van der Waals surface area contributed by atoms with Gasteiger partial charge in [-0.15, -0.1) is 18.3 Å².